The smallest absolute Gasteiger partial charge is 0.0442 e. The Bertz CT molecular complexity index is 1500. The van der Waals surface area contributed by atoms with E-state index in [2.05, 4.69) is 98.8 Å². The standard InChI is InChI=1S/C34H32S2/c1-3-5-9-23-13-17-25(18-14-23)31-21-29-27-11-7-8-12-28(27)33-30(34(29)36-31)22-32(35-33)26-19-15-24(16-20-26)10-6-4-2/h7-8,11-22H,3-6,9-10H2,1-2H3. The normalized spacial score (nSPS) is 11.7. The maximum atomic E-state index is 2.43. The molecule has 0 atom stereocenters. The molecular formula is C34H32S2. The largest absolute Gasteiger partial charge is 0.135 e. The fourth-order valence-electron chi connectivity index (χ4n) is 5.18. The molecule has 2 heterocycles. The lowest BCUT2D eigenvalue weighted by molar-refractivity contribution is 0.795. The molecule has 0 radical (unpaired) electrons. The summed E-state index contributed by atoms with van der Waals surface area (Å²) in [6.45, 7) is 4.52. The summed E-state index contributed by atoms with van der Waals surface area (Å²) in [7, 11) is 0. The van der Waals surface area contributed by atoms with E-state index in [0.717, 1.165) is 0 Å². The van der Waals surface area contributed by atoms with Crippen molar-refractivity contribution < 1.29 is 0 Å². The molecule has 0 saturated heterocycles. The number of hydrogen-bond donors (Lipinski definition) is 0. The summed E-state index contributed by atoms with van der Waals surface area (Å²) in [5.74, 6) is 0. The van der Waals surface area contributed by atoms with E-state index in [1.54, 1.807) is 0 Å². The summed E-state index contributed by atoms with van der Waals surface area (Å²) in [6.07, 6.45) is 7.35. The van der Waals surface area contributed by atoms with Crippen molar-refractivity contribution in [3.05, 3.63) is 96.1 Å². The Morgan fingerprint density at radius 2 is 0.972 bits per heavy atom. The molecule has 0 aliphatic rings. The van der Waals surface area contributed by atoms with E-state index in [1.165, 1.54) is 101 Å². The lowest BCUT2D eigenvalue weighted by Crippen LogP contribution is -1.83. The van der Waals surface area contributed by atoms with Crippen molar-refractivity contribution in [2.24, 2.45) is 0 Å². The molecule has 0 nitrogen and oxygen atoms in total. The number of thiophene rings is 2. The average molecular weight is 505 g/mol. The highest BCUT2D eigenvalue weighted by atomic mass is 32.1. The van der Waals surface area contributed by atoms with Gasteiger partial charge in [0.1, 0.15) is 0 Å². The summed E-state index contributed by atoms with van der Waals surface area (Å²) in [5.41, 5.74) is 5.54. The minimum absolute atomic E-state index is 1.17. The van der Waals surface area contributed by atoms with Crippen LogP contribution in [0.15, 0.2) is 84.9 Å². The molecule has 0 aliphatic heterocycles. The summed E-state index contributed by atoms with van der Waals surface area (Å²) in [4.78, 5) is 2.72. The molecule has 0 bridgehead atoms. The molecule has 6 rings (SSSR count). The van der Waals surface area contributed by atoms with Crippen molar-refractivity contribution in [3.63, 3.8) is 0 Å². The van der Waals surface area contributed by atoms with E-state index >= 15 is 0 Å². The Kier molecular flexibility index (Phi) is 6.65. The molecular weight excluding hydrogens is 473 g/mol. The van der Waals surface area contributed by atoms with Gasteiger partial charge in [0.05, 0.1) is 0 Å². The van der Waals surface area contributed by atoms with Crippen LogP contribution in [0.1, 0.15) is 50.7 Å². The fourth-order valence-corrected chi connectivity index (χ4v) is 7.66. The molecule has 2 heteroatoms. The van der Waals surface area contributed by atoms with Crippen molar-refractivity contribution in [3.8, 4) is 20.9 Å². The van der Waals surface area contributed by atoms with Gasteiger partial charge in [-0.15, -0.1) is 22.7 Å². The first-order valence-corrected chi connectivity index (χ1v) is 14.9. The zero-order valence-electron chi connectivity index (χ0n) is 21.1. The highest BCUT2D eigenvalue weighted by Gasteiger charge is 2.16. The van der Waals surface area contributed by atoms with Crippen LogP contribution in [0.25, 0.3) is 51.8 Å². The van der Waals surface area contributed by atoms with Gasteiger partial charge in [-0.1, -0.05) is 99.5 Å². The summed E-state index contributed by atoms with van der Waals surface area (Å²) >= 11 is 3.88. The minimum atomic E-state index is 1.17. The van der Waals surface area contributed by atoms with Crippen LogP contribution in [-0.4, -0.2) is 0 Å². The number of hydrogen-bond acceptors (Lipinski definition) is 2. The maximum absolute atomic E-state index is 2.43. The number of fused-ring (bicyclic) bond motifs is 6. The Morgan fingerprint density at radius 3 is 1.50 bits per heavy atom. The van der Waals surface area contributed by atoms with Crippen LogP contribution < -0.4 is 0 Å². The third-order valence-electron chi connectivity index (χ3n) is 7.29. The van der Waals surface area contributed by atoms with E-state index in [1.807, 2.05) is 22.7 Å². The number of unbranched alkanes of at least 4 members (excludes halogenated alkanes) is 2. The third-order valence-corrected chi connectivity index (χ3v) is 9.72. The van der Waals surface area contributed by atoms with Gasteiger partial charge < -0.3 is 0 Å². The summed E-state index contributed by atoms with van der Waals surface area (Å²) in [6, 6.07) is 32.3. The van der Waals surface area contributed by atoms with Gasteiger partial charge in [-0.05, 0) is 65.5 Å². The highest BCUT2D eigenvalue weighted by Crippen LogP contribution is 2.47. The van der Waals surface area contributed by atoms with Gasteiger partial charge in [0, 0.05) is 35.3 Å². The van der Waals surface area contributed by atoms with Crippen LogP contribution in [0, 0.1) is 0 Å². The van der Waals surface area contributed by atoms with Crippen LogP contribution in [0.3, 0.4) is 0 Å². The van der Waals surface area contributed by atoms with Gasteiger partial charge in [0.15, 0.2) is 0 Å². The Hall–Kier alpha value is -2.94. The zero-order valence-corrected chi connectivity index (χ0v) is 22.8. The predicted molar refractivity (Wildman–Crippen MR) is 163 cm³/mol. The highest BCUT2D eigenvalue weighted by molar-refractivity contribution is 7.26. The Morgan fingerprint density at radius 1 is 0.500 bits per heavy atom. The predicted octanol–water partition coefficient (Wildman–Crippen LogP) is 11.3. The van der Waals surface area contributed by atoms with Crippen LogP contribution in [0.4, 0.5) is 0 Å². The van der Waals surface area contributed by atoms with Crippen molar-refractivity contribution in [1.29, 1.82) is 0 Å². The maximum Gasteiger partial charge on any atom is 0.0442 e. The van der Waals surface area contributed by atoms with E-state index in [0.29, 0.717) is 0 Å². The van der Waals surface area contributed by atoms with Crippen molar-refractivity contribution in [1.82, 2.24) is 0 Å². The monoisotopic (exact) mass is 504 g/mol. The van der Waals surface area contributed by atoms with E-state index in [9.17, 15) is 0 Å². The van der Waals surface area contributed by atoms with Crippen LogP contribution in [0.2, 0.25) is 0 Å². The molecule has 0 N–H and O–H groups in total. The number of aryl methyl sites for hydroxylation is 2. The second-order valence-electron chi connectivity index (χ2n) is 9.85. The summed E-state index contributed by atoms with van der Waals surface area (Å²) in [5, 5.41) is 5.52. The second kappa shape index (κ2) is 10.2. The van der Waals surface area contributed by atoms with Crippen LogP contribution in [-0.2, 0) is 12.8 Å². The first-order chi connectivity index (χ1) is 17.7. The van der Waals surface area contributed by atoms with Gasteiger partial charge in [-0.25, -0.2) is 0 Å². The van der Waals surface area contributed by atoms with Crippen molar-refractivity contribution in [2.45, 2.75) is 52.4 Å². The summed E-state index contributed by atoms with van der Waals surface area (Å²) < 4.78 is 2.82. The minimum Gasteiger partial charge on any atom is -0.135 e. The van der Waals surface area contributed by atoms with E-state index in [-0.39, 0.29) is 0 Å². The molecule has 0 fully saturated rings. The Labute approximate surface area is 222 Å². The van der Waals surface area contributed by atoms with Gasteiger partial charge in [-0.3, -0.25) is 0 Å². The molecule has 0 aliphatic carbocycles. The van der Waals surface area contributed by atoms with Gasteiger partial charge in [0.25, 0.3) is 0 Å². The van der Waals surface area contributed by atoms with Gasteiger partial charge in [-0.2, -0.15) is 0 Å². The van der Waals surface area contributed by atoms with Crippen molar-refractivity contribution >= 4 is 53.6 Å². The zero-order chi connectivity index (χ0) is 24.5. The van der Waals surface area contributed by atoms with E-state index < -0.39 is 0 Å². The Balaban J connectivity index is 1.46. The molecule has 2 aromatic heterocycles. The topological polar surface area (TPSA) is 0 Å². The average Bonchev–Trinajstić information content (AvgIpc) is 3.57. The molecule has 0 saturated carbocycles. The molecule has 4 aromatic carbocycles. The molecule has 0 unspecified atom stereocenters. The lowest BCUT2D eigenvalue weighted by Gasteiger charge is -2.02. The molecule has 36 heavy (non-hydrogen) atoms. The van der Waals surface area contributed by atoms with Gasteiger partial charge >= 0.3 is 0 Å². The quantitative estimate of drug-likeness (QED) is 0.193. The van der Waals surface area contributed by atoms with Crippen molar-refractivity contribution in [2.75, 3.05) is 0 Å². The number of benzene rings is 4. The van der Waals surface area contributed by atoms with Crippen LogP contribution in [0.5, 0.6) is 0 Å². The fraction of sp³-hybridized carbons (Fsp3) is 0.235. The third kappa shape index (κ3) is 4.38. The van der Waals surface area contributed by atoms with Crippen LogP contribution >= 0.6 is 22.7 Å². The second-order valence-corrected chi connectivity index (χ2v) is 12.0. The number of rotatable bonds is 8. The van der Waals surface area contributed by atoms with Gasteiger partial charge in [0.2, 0.25) is 0 Å². The molecule has 0 amide bonds. The molecule has 0 spiro atoms. The van der Waals surface area contributed by atoms with E-state index in [4.69, 9.17) is 0 Å². The first-order valence-electron chi connectivity index (χ1n) is 13.3. The molecule has 180 valence electrons. The SMILES string of the molecule is CCCCc1ccc(-c2cc3c(s2)c2ccccc2c2cc(-c4ccc(CCCC)cc4)sc23)cc1. The molecule has 6 aromatic rings. The lowest BCUT2D eigenvalue weighted by atomic mass is 10.0. The first kappa shape index (κ1) is 23.5.